The van der Waals surface area contributed by atoms with Crippen LogP contribution in [0.3, 0.4) is 0 Å². The van der Waals surface area contributed by atoms with E-state index in [4.69, 9.17) is 0 Å². The highest BCUT2D eigenvalue weighted by Crippen LogP contribution is 2.20. The third-order valence-electron chi connectivity index (χ3n) is 1.65. The van der Waals surface area contributed by atoms with Gasteiger partial charge in [0.1, 0.15) is 0 Å². The number of nitrogens with one attached hydrogen (secondary N) is 1. The van der Waals surface area contributed by atoms with Crippen molar-refractivity contribution in [3.63, 3.8) is 0 Å². The Hall–Kier alpha value is 0.140. The molecule has 1 aromatic rings. The first-order chi connectivity index (χ1) is 5.83. The maximum atomic E-state index is 3.45. The van der Waals surface area contributed by atoms with E-state index in [1.165, 1.54) is 22.2 Å². The molecule has 0 aliphatic carbocycles. The predicted octanol–water partition coefficient (Wildman–Crippen LogP) is 3.05. The lowest BCUT2D eigenvalue weighted by molar-refractivity contribution is 0.675. The minimum atomic E-state index is 1.08. The minimum absolute atomic E-state index is 1.08. The number of thiophene rings is 1. The number of aryl methyl sites for hydroxylation is 1. The quantitative estimate of drug-likeness (QED) is 0.790. The lowest BCUT2D eigenvalue weighted by Gasteiger charge is -1.98. The largest absolute Gasteiger partial charge is 0.317 e. The molecule has 0 aromatic carbocycles. The van der Waals surface area contributed by atoms with Crippen LogP contribution in [0.4, 0.5) is 0 Å². The first-order valence-electron chi connectivity index (χ1n) is 4.26. The van der Waals surface area contributed by atoms with Gasteiger partial charge in [-0.15, -0.1) is 11.3 Å². The van der Waals surface area contributed by atoms with Crippen LogP contribution in [-0.4, -0.2) is 13.1 Å². The molecule has 68 valence electrons. The summed E-state index contributed by atoms with van der Waals surface area (Å²) in [6, 6.07) is 2.20. The van der Waals surface area contributed by atoms with Gasteiger partial charge in [-0.2, -0.15) is 0 Å². The Labute approximate surface area is 86.3 Å². The van der Waals surface area contributed by atoms with Gasteiger partial charge >= 0.3 is 0 Å². The molecule has 3 heteroatoms. The zero-order valence-electron chi connectivity index (χ0n) is 7.27. The van der Waals surface area contributed by atoms with Crippen molar-refractivity contribution in [3.8, 4) is 0 Å². The van der Waals surface area contributed by atoms with E-state index in [0.29, 0.717) is 0 Å². The van der Waals surface area contributed by atoms with Crippen molar-refractivity contribution in [1.29, 1.82) is 0 Å². The van der Waals surface area contributed by atoms with Crippen LogP contribution in [0.25, 0.3) is 0 Å². The summed E-state index contributed by atoms with van der Waals surface area (Å²) in [7, 11) is 0. The summed E-state index contributed by atoms with van der Waals surface area (Å²) in [5.41, 5.74) is 0. The van der Waals surface area contributed by atoms with Gasteiger partial charge in [0, 0.05) is 14.7 Å². The second kappa shape index (κ2) is 5.73. The summed E-state index contributed by atoms with van der Waals surface area (Å²) >= 11 is 5.28. The van der Waals surface area contributed by atoms with Gasteiger partial charge in [0.2, 0.25) is 0 Å². The Morgan fingerprint density at radius 3 is 3.00 bits per heavy atom. The molecule has 0 saturated carbocycles. The average Bonchev–Trinajstić information content (AvgIpc) is 2.45. The van der Waals surface area contributed by atoms with E-state index >= 15 is 0 Å². The molecule has 0 bridgehead atoms. The molecule has 0 fully saturated rings. The number of rotatable bonds is 5. The molecular formula is C9H14BrNS. The summed E-state index contributed by atoms with van der Waals surface area (Å²) < 4.78 is 1.21. The summed E-state index contributed by atoms with van der Waals surface area (Å²) in [5, 5.41) is 5.46. The Balaban J connectivity index is 2.15. The van der Waals surface area contributed by atoms with E-state index in [1.807, 2.05) is 11.3 Å². The van der Waals surface area contributed by atoms with Crippen molar-refractivity contribution < 1.29 is 0 Å². The van der Waals surface area contributed by atoms with Crippen LogP contribution in [0.1, 0.15) is 18.2 Å². The molecule has 0 aliphatic heterocycles. The van der Waals surface area contributed by atoms with Gasteiger partial charge in [0.25, 0.3) is 0 Å². The van der Waals surface area contributed by atoms with E-state index in [9.17, 15) is 0 Å². The van der Waals surface area contributed by atoms with E-state index in [1.54, 1.807) is 0 Å². The maximum absolute atomic E-state index is 3.45. The molecule has 0 spiro atoms. The van der Waals surface area contributed by atoms with Gasteiger partial charge in [-0.3, -0.25) is 0 Å². The molecule has 0 atom stereocenters. The van der Waals surface area contributed by atoms with Crippen LogP contribution in [0.5, 0.6) is 0 Å². The highest BCUT2D eigenvalue weighted by molar-refractivity contribution is 9.10. The highest BCUT2D eigenvalue weighted by Gasteiger charge is 1.96. The molecule has 0 aliphatic rings. The number of hydrogen-bond donors (Lipinski definition) is 1. The van der Waals surface area contributed by atoms with Gasteiger partial charge in [0.05, 0.1) is 0 Å². The molecule has 1 rings (SSSR count). The number of halogens is 1. The molecule has 1 heterocycles. The Bertz CT molecular complexity index is 222. The van der Waals surface area contributed by atoms with E-state index < -0.39 is 0 Å². The summed E-state index contributed by atoms with van der Waals surface area (Å²) in [6.07, 6.45) is 2.43. The van der Waals surface area contributed by atoms with Crippen molar-refractivity contribution in [3.05, 3.63) is 20.8 Å². The Morgan fingerprint density at radius 2 is 2.42 bits per heavy atom. The van der Waals surface area contributed by atoms with Gasteiger partial charge < -0.3 is 5.32 Å². The molecule has 1 N–H and O–H groups in total. The molecule has 1 nitrogen and oxygen atoms in total. The fourth-order valence-electron chi connectivity index (χ4n) is 1.05. The zero-order chi connectivity index (χ0) is 8.81. The molecule has 12 heavy (non-hydrogen) atoms. The van der Waals surface area contributed by atoms with Gasteiger partial charge in [-0.05, 0) is 47.9 Å². The minimum Gasteiger partial charge on any atom is -0.317 e. The first-order valence-corrected chi connectivity index (χ1v) is 5.94. The van der Waals surface area contributed by atoms with Crippen molar-refractivity contribution in [1.82, 2.24) is 5.32 Å². The standard InChI is InChI=1S/C9H14BrNS/c1-2-11-5-3-4-9-6-8(10)7-12-9/h6-7,11H,2-5H2,1H3. The normalized spacial score (nSPS) is 10.5. The Kier molecular flexibility index (Phi) is 4.88. The average molecular weight is 248 g/mol. The SMILES string of the molecule is CCNCCCc1cc(Br)cs1. The second-order valence-corrected chi connectivity index (χ2v) is 4.60. The lowest BCUT2D eigenvalue weighted by Crippen LogP contribution is -2.14. The Morgan fingerprint density at radius 1 is 1.58 bits per heavy atom. The summed E-state index contributed by atoms with van der Waals surface area (Å²) in [5.74, 6) is 0. The van der Waals surface area contributed by atoms with E-state index in [2.05, 4.69) is 39.6 Å². The molecular weight excluding hydrogens is 234 g/mol. The monoisotopic (exact) mass is 247 g/mol. The van der Waals surface area contributed by atoms with Crippen LogP contribution in [0.2, 0.25) is 0 Å². The fraction of sp³-hybridized carbons (Fsp3) is 0.556. The van der Waals surface area contributed by atoms with Gasteiger partial charge in [-0.25, -0.2) is 0 Å². The summed E-state index contributed by atoms with van der Waals surface area (Å²) in [4.78, 5) is 1.47. The maximum Gasteiger partial charge on any atom is 0.0285 e. The highest BCUT2D eigenvalue weighted by atomic mass is 79.9. The predicted molar refractivity (Wildman–Crippen MR) is 58.9 cm³/mol. The lowest BCUT2D eigenvalue weighted by atomic mass is 10.2. The molecule has 0 radical (unpaired) electrons. The smallest absolute Gasteiger partial charge is 0.0285 e. The second-order valence-electron chi connectivity index (χ2n) is 2.69. The van der Waals surface area contributed by atoms with E-state index in [0.717, 1.165) is 13.1 Å². The van der Waals surface area contributed by atoms with Crippen LogP contribution in [-0.2, 0) is 6.42 Å². The molecule has 0 unspecified atom stereocenters. The van der Waals surface area contributed by atoms with Gasteiger partial charge in [-0.1, -0.05) is 6.92 Å². The van der Waals surface area contributed by atoms with Crippen molar-refractivity contribution in [2.45, 2.75) is 19.8 Å². The third kappa shape index (κ3) is 3.70. The fourth-order valence-corrected chi connectivity index (χ4v) is 2.55. The third-order valence-corrected chi connectivity index (χ3v) is 3.41. The molecule has 0 amide bonds. The van der Waals surface area contributed by atoms with Crippen LogP contribution < -0.4 is 5.32 Å². The van der Waals surface area contributed by atoms with Crippen molar-refractivity contribution >= 4 is 27.3 Å². The van der Waals surface area contributed by atoms with Crippen molar-refractivity contribution in [2.24, 2.45) is 0 Å². The number of hydrogen-bond acceptors (Lipinski definition) is 2. The summed E-state index contributed by atoms with van der Waals surface area (Å²) in [6.45, 7) is 4.35. The van der Waals surface area contributed by atoms with Crippen LogP contribution >= 0.6 is 27.3 Å². The first kappa shape index (κ1) is 10.2. The van der Waals surface area contributed by atoms with Crippen LogP contribution in [0.15, 0.2) is 15.9 Å². The van der Waals surface area contributed by atoms with Gasteiger partial charge in [0.15, 0.2) is 0 Å². The zero-order valence-corrected chi connectivity index (χ0v) is 9.67. The molecule has 0 saturated heterocycles. The topological polar surface area (TPSA) is 12.0 Å². The van der Waals surface area contributed by atoms with Crippen LogP contribution in [0, 0.1) is 0 Å². The molecule has 1 aromatic heterocycles. The van der Waals surface area contributed by atoms with Crippen molar-refractivity contribution in [2.75, 3.05) is 13.1 Å². The van der Waals surface area contributed by atoms with E-state index in [-0.39, 0.29) is 0 Å².